The third-order valence-electron chi connectivity index (χ3n) is 5.24. The molecule has 0 radical (unpaired) electrons. The van der Waals surface area contributed by atoms with E-state index < -0.39 is 17.6 Å². The van der Waals surface area contributed by atoms with Crippen LogP contribution < -0.4 is 5.32 Å². The van der Waals surface area contributed by atoms with Crippen molar-refractivity contribution in [3.63, 3.8) is 0 Å². The number of aryl methyl sites for hydroxylation is 1. The summed E-state index contributed by atoms with van der Waals surface area (Å²) in [4.78, 5) is 29.3. The molecule has 1 N–H and O–H groups in total. The Bertz CT molecular complexity index is 1380. The van der Waals surface area contributed by atoms with Gasteiger partial charge in [-0.2, -0.15) is 4.39 Å². The van der Waals surface area contributed by atoms with Crippen LogP contribution in [0.4, 0.5) is 10.1 Å². The zero-order chi connectivity index (χ0) is 23.0. The number of aromatic nitrogens is 2. The van der Waals surface area contributed by atoms with E-state index in [-0.39, 0.29) is 5.69 Å². The van der Waals surface area contributed by atoms with E-state index in [4.69, 9.17) is 23.2 Å². The SMILES string of the molecule is Cc1ccc2c(c1)c(C(=O)C(=O)Nc1ccnc(F)c1)c(C)n2Cc1ccc(Cl)cc1Cl. The third-order valence-corrected chi connectivity index (χ3v) is 5.83. The maximum atomic E-state index is 13.4. The van der Waals surface area contributed by atoms with Crippen LogP contribution >= 0.6 is 23.2 Å². The lowest BCUT2D eigenvalue weighted by molar-refractivity contribution is -0.112. The molecule has 162 valence electrons. The fourth-order valence-electron chi connectivity index (χ4n) is 3.69. The van der Waals surface area contributed by atoms with Gasteiger partial charge in [0.1, 0.15) is 0 Å². The molecule has 0 fully saturated rings. The predicted octanol–water partition coefficient (Wildman–Crippen LogP) is 5.97. The third kappa shape index (κ3) is 4.24. The number of Topliss-reactive ketones (excluding diaryl/α,β-unsaturated/α-hetero) is 1. The van der Waals surface area contributed by atoms with Gasteiger partial charge in [-0.3, -0.25) is 9.59 Å². The average Bonchev–Trinajstić information content (AvgIpc) is 3.00. The van der Waals surface area contributed by atoms with E-state index in [2.05, 4.69) is 10.3 Å². The zero-order valence-electron chi connectivity index (χ0n) is 17.2. The summed E-state index contributed by atoms with van der Waals surface area (Å²) in [5.74, 6) is -2.32. The molecule has 0 saturated carbocycles. The highest BCUT2D eigenvalue weighted by atomic mass is 35.5. The van der Waals surface area contributed by atoms with Crippen LogP contribution in [-0.2, 0) is 11.3 Å². The summed E-state index contributed by atoms with van der Waals surface area (Å²) in [5, 5.41) is 4.15. The predicted molar refractivity (Wildman–Crippen MR) is 124 cm³/mol. The Morgan fingerprint density at radius 3 is 2.56 bits per heavy atom. The second-order valence-electron chi connectivity index (χ2n) is 7.45. The number of halogens is 3. The first-order valence-corrected chi connectivity index (χ1v) is 10.5. The number of ketones is 1. The van der Waals surface area contributed by atoms with Crippen LogP contribution in [0.15, 0.2) is 54.7 Å². The van der Waals surface area contributed by atoms with Crippen LogP contribution in [0.2, 0.25) is 10.0 Å². The Morgan fingerprint density at radius 2 is 1.84 bits per heavy atom. The number of fused-ring (bicyclic) bond motifs is 1. The number of anilines is 1. The van der Waals surface area contributed by atoms with Crippen molar-refractivity contribution in [1.29, 1.82) is 0 Å². The first kappa shape index (κ1) is 22.0. The summed E-state index contributed by atoms with van der Waals surface area (Å²) in [5.41, 5.74) is 3.64. The fourth-order valence-corrected chi connectivity index (χ4v) is 4.16. The lowest BCUT2D eigenvalue weighted by atomic mass is 10.0. The number of carbonyl (C=O) groups is 2. The van der Waals surface area contributed by atoms with Crippen LogP contribution in [0.3, 0.4) is 0 Å². The largest absolute Gasteiger partial charge is 0.340 e. The van der Waals surface area contributed by atoms with Gasteiger partial charge in [0.25, 0.3) is 11.7 Å². The van der Waals surface area contributed by atoms with E-state index in [9.17, 15) is 14.0 Å². The molecule has 0 spiro atoms. The highest BCUT2D eigenvalue weighted by Crippen LogP contribution is 2.30. The van der Waals surface area contributed by atoms with Gasteiger partial charge in [0, 0.05) is 51.1 Å². The molecule has 4 rings (SSSR count). The van der Waals surface area contributed by atoms with Gasteiger partial charge in [0.15, 0.2) is 0 Å². The van der Waals surface area contributed by atoms with E-state index in [0.29, 0.717) is 33.2 Å². The van der Waals surface area contributed by atoms with Crippen molar-refractivity contribution in [2.75, 3.05) is 5.32 Å². The van der Waals surface area contributed by atoms with Gasteiger partial charge in [0.05, 0.1) is 5.56 Å². The molecule has 2 aromatic heterocycles. The molecule has 1 amide bonds. The zero-order valence-corrected chi connectivity index (χ0v) is 18.8. The van der Waals surface area contributed by atoms with Gasteiger partial charge < -0.3 is 9.88 Å². The molecule has 0 saturated heterocycles. The summed E-state index contributed by atoms with van der Waals surface area (Å²) in [7, 11) is 0. The van der Waals surface area contributed by atoms with Crippen molar-refractivity contribution in [2.24, 2.45) is 0 Å². The summed E-state index contributed by atoms with van der Waals surface area (Å²) < 4.78 is 15.3. The number of hydrogen-bond acceptors (Lipinski definition) is 3. The van der Waals surface area contributed by atoms with Gasteiger partial charge in [-0.25, -0.2) is 4.98 Å². The van der Waals surface area contributed by atoms with Crippen LogP contribution in [0.1, 0.15) is 27.2 Å². The smallest absolute Gasteiger partial charge is 0.296 e. The maximum Gasteiger partial charge on any atom is 0.296 e. The van der Waals surface area contributed by atoms with Crippen molar-refractivity contribution >= 4 is 51.5 Å². The molecule has 4 aromatic rings. The van der Waals surface area contributed by atoms with Gasteiger partial charge >= 0.3 is 0 Å². The van der Waals surface area contributed by atoms with Crippen molar-refractivity contribution < 1.29 is 14.0 Å². The summed E-state index contributed by atoms with van der Waals surface area (Å²) in [6.45, 7) is 4.09. The molecule has 2 aromatic carbocycles. The second-order valence-corrected chi connectivity index (χ2v) is 8.30. The molecule has 0 unspecified atom stereocenters. The number of nitrogens with one attached hydrogen (secondary N) is 1. The van der Waals surface area contributed by atoms with Crippen molar-refractivity contribution in [3.05, 3.63) is 93.1 Å². The highest BCUT2D eigenvalue weighted by molar-refractivity contribution is 6.48. The van der Waals surface area contributed by atoms with Crippen LogP contribution in [0.25, 0.3) is 10.9 Å². The lowest BCUT2D eigenvalue weighted by Gasteiger charge is -2.11. The van der Waals surface area contributed by atoms with E-state index in [0.717, 1.165) is 22.7 Å². The molecule has 0 atom stereocenters. The Kier molecular flexibility index (Phi) is 6.00. The van der Waals surface area contributed by atoms with Gasteiger partial charge in [-0.15, -0.1) is 0 Å². The van der Waals surface area contributed by atoms with E-state index in [1.54, 1.807) is 19.1 Å². The Labute approximate surface area is 193 Å². The number of nitrogens with zero attached hydrogens (tertiary/aromatic N) is 2. The van der Waals surface area contributed by atoms with Gasteiger partial charge in [-0.1, -0.05) is 40.9 Å². The molecule has 5 nitrogen and oxygen atoms in total. The van der Waals surface area contributed by atoms with Crippen molar-refractivity contribution in [1.82, 2.24) is 9.55 Å². The van der Waals surface area contributed by atoms with Gasteiger partial charge in [-0.05, 0) is 49.7 Å². The van der Waals surface area contributed by atoms with Crippen LogP contribution in [-0.4, -0.2) is 21.2 Å². The first-order chi connectivity index (χ1) is 15.2. The minimum absolute atomic E-state index is 0.154. The van der Waals surface area contributed by atoms with Crippen molar-refractivity contribution in [2.45, 2.75) is 20.4 Å². The van der Waals surface area contributed by atoms with E-state index in [1.165, 1.54) is 12.3 Å². The molecule has 32 heavy (non-hydrogen) atoms. The summed E-state index contributed by atoms with van der Waals surface area (Å²) in [6, 6.07) is 13.4. The molecule has 8 heteroatoms. The van der Waals surface area contributed by atoms with Crippen LogP contribution in [0, 0.1) is 19.8 Å². The minimum Gasteiger partial charge on any atom is -0.340 e. The number of benzene rings is 2. The number of amides is 1. The van der Waals surface area contributed by atoms with Crippen LogP contribution in [0.5, 0.6) is 0 Å². The van der Waals surface area contributed by atoms with Gasteiger partial charge in [0.2, 0.25) is 5.95 Å². The maximum absolute atomic E-state index is 13.4. The normalized spacial score (nSPS) is 11.0. The number of rotatable bonds is 5. The number of carbonyl (C=O) groups excluding carboxylic acids is 2. The Balaban J connectivity index is 1.77. The number of pyridine rings is 1. The molecule has 0 aliphatic rings. The first-order valence-electron chi connectivity index (χ1n) is 9.75. The Hall–Kier alpha value is -3.22. The second kappa shape index (κ2) is 8.73. The monoisotopic (exact) mass is 469 g/mol. The minimum atomic E-state index is -0.858. The molecule has 0 aliphatic carbocycles. The quantitative estimate of drug-likeness (QED) is 0.222. The molecule has 2 heterocycles. The fraction of sp³-hybridized carbons (Fsp3) is 0.125. The Morgan fingerprint density at radius 1 is 1.06 bits per heavy atom. The van der Waals surface area contributed by atoms with E-state index in [1.807, 2.05) is 35.8 Å². The molecule has 0 aliphatic heterocycles. The summed E-state index contributed by atoms with van der Waals surface area (Å²) >= 11 is 12.4. The van der Waals surface area contributed by atoms with E-state index >= 15 is 0 Å². The number of hydrogen-bond donors (Lipinski definition) is 1. The topological polar surface area (TPSA) is 64.0 Å². The molecule has 0 bridgehead atoms. The molecular formula is C24H18Cl2FN3O2. The standard InChI is InChI=1S/C24H18Cl2FN3O2/c1-13-3-6-20-18(9-13)22(23(31)24(32)29-17-7-8-28-21(27)11-17)14(2)30(20)12-15-4-5-16(25)10-19(15)26/h3-11H,12H2,1-2H3,(H,28,29,32). The lowest BCUT2D eigenvalue weighted by Crippen LogP contribution is -2.23. The summed E-state index contributed by atoms with van der Waals surface area (Å²) in [6.07, 6.45) is 1.21. The molecular weight excluding hydrogens is 452 g/mol. The van der Waals surface area contributed by atoms with Crippen molar-refractivity contribution in [3.8, 4) is 0 Å². The highest BCUT2D eigenvalue weighted by Gasteiger charge is 2.26. The average molecular weight is 470 g/mol.